The molecule has 1 aliphatic carbocycles. The van der Waals surface area contributed by atoms with Crippen molar-refractivity contribution in [3.63, 3.8) is 0 Å². The van der Waals surface area contributed by atoms with Crippen LogP contribution in [0.25, 0.3) is 0 Å². The van der Waals surface area contributed by atoms with Gasteiger partial charge in [-0.1, -0.05) is 12.1 Å². The van der Waals surface area contributed by atoms with Crippen LogP contribution in [0.1, 0.15) is 24.0 Å². The number of anilines is 1. The van der Waals surface area contributed by atoms with Gasteiger partial charge in [0.2, 0.25) is 0 Å². The van der Waals surface area contributed by atoms with Gasteiger partial charge in [0.05, 0.1) is 11.5 Å². The first kappa shape index (κ1) is 17.9. The minimum atomic E-state index is -4.72. The molecule has 1 heterocycles. The van der Waals surface area contributed by atoms with E-state index >= 15 is 0 Å². The van der Waals surface area contributed by atoms with Crippen LogP contribution in [0.3, 0.4) is 0 Å². The number of nitrogens with one attached hydrogen (secondary N) is 1. The second kappa shape index (κ2) is 6.46. The molecule has 1 aromatic carbocycles. The standard InChI is InChI=1S/C17H14F4N4O/c18-11-3-1-2-10(6-11)16(9-22)7-12(8-16)26-13-4-5-24-15(25-23)14(13)17(19,20)21/h1-6,12H,7-8,23H2,(H,24,25). The molecule has 0 saturated heterocycles. The maximum absolute atomic E-state index is 13.4. The lowest BCUT2D eigenvalue weighted by Crippen LogP contribution is -2.46. The lowest BCUT2D eigenvalue weighted by Gasteiger charge is -2.42. The van der Waals surface area contributed by atoms with Crippen molar-refractivity contribution in [1.29, 1.82) is 5.26 Å². The van der Waals surface area contributed by atoms with Crippen LogP contribution in [0.15, 0.2) is 36.5 Å². The first-order valence-corrected chi connectivity index (χ1v) is 7.66. The van der Waals surface area contributed by atoms with Crippen molar-refractivity contribution in [2.75, 3.05) is 5.43 Å². The highest BCUT2D eigenvalue weighted by atomic mass is 19.4. The summed E-state index contributed by atoms with van der Waals surface area (Å²) in [5.74, 6) is 3.65. The van der Waals surface area contributed by atoms with Crippen LogP contribution in [0.2, 0.25) is 0 Å². The molecular formula is C17H14F4N4O. The second-order valence-electron chi connectivity index (χ2n) is 6.03. The number of nitrogens with zero attached hydrogens (tertiary/aromatic N) is 2. The number of hydrazine groups is 1. The summed E-state index contributed by atoms with van der Waals surface area (Å²) >= 11 is 0. The fourth-order valence-corrected chi connectivity index (χ4v) is 3.08. The number of alkyl halides is 3. The Hall–Kier alpha value is -2.86. The molecule has 0 unspecified atom stereocenters. The van der Waals surface area contributed by atoms with Gasteiger partial charge in [-0.05, 0) is 23.8 Å². The highest BCUT2D eigenvalue weighted by molar-refractivity contribution is 5.53. The third-order valence-electron chi connectivity index (χ3n) is 4.37. The molecule has 1 fully saturated rings. The number of pyridine rings is 1. The number of nitriles is 1. The van der Waals surface area contributed by atoms with Gasteiger partial charge in [0.15, 0.2) is 5.82 Å². The Morgan fingerprint density at radius 2 is 2.04 bits per heavy atom. The van der Waals surface area contributed by atoms with Crippen LogP contribution in [0.4, 0.5) is 23.4 Å². The summed E-state index contributed by atoms with van der Waals surface area (Å²) in [4.78, 5) is 3.55. The molecule has 1 aromatic heterocycles. The van der Waals surface area contributed by atoms with E-state index in [1.807, 2.05) is 5.43 Å². The molecule has 1 aliphatic rings. The molecule has 3 N–H and O–H groups in total. The third kappa shape index (κ3) is 3.15. The number of benzene rings is 1. The van der Waals surface area contributed by atoms with Crippen molar-refractivity contribution in [2.24, 2.45) is 5.84 Å². The molecular weight excluding hydrogens is 352 g/mol. The summed E-state index contributed by atoms with van der Waals surface area (Å²) in [6.07, 6.45) is -3.89. The number of hydrogen-bond donors (Lipinski definition) is 2. The minimum Gasteiger partial charge on any atom is -0.489 e. The van der Waals surface area contributed by atoms with Gasteiger partial charge in [-0.25, -0.2) is 15.2 Å². The molecule has 0 bridgehead atoms. The van der Waals surface area contributed by atoms with Crippen LogP contribution in [-0.4, -0.2) is 11.1 Å². The molecule has 9 heteroatoms. The van der Waals surface area contributed by atoms with Gasteiger partial charge in [0.25, 0.3) is 0 Å². The van der Waals surface area contributed by atoms with Crippen molar-refractivity contribution in [3.05, 3.63) is 53.5 Å². The fourth-order valence-electron chi connectivity index (χ4n) is 3.08. The van der Waals surface area contributed by atoms with Gasteiger partial charge in [-0.15, -0.1) is 0 Å². The van der Waals surface area contributed by atoms with Crippen molar-refractivity contribution in [2.45, 2.75) is 30.5 Å². The molecule has 0 spiro atoms. The lowest BCUT2D eigenvalue weighted by molar-refractivity contribution is -0.139. The van der Waals surface area contributed by atoms with Gasteiger partial charge in [0.1, 0.15) is 23.2 Å². The fraction of sp³-hybridized carbons (Fsp3) is 0.294. The molecule has 1 saturated carbocycles. The Bertz CT molecular complexity index is 857. The van der Waals surface area contributed by atoms with Gasteiger partial charge in [-0.3, -0.25) is 0 Å². The van der Waals surface area contributed by atoms with Crippen molar-refractivity contribution in [1.82, 2.24) is 4.98 Å². The number of aromatic nitrogens is 1. The molecule has 5 nitrogen and oxygen atoms in total. The zero-order valence-corrected chi connectivity index (χ0v) is 13.3. The number of halogens is 4. The molecule has 3 rings (SSSR count). The summed E-state index contributed by atoms with van der Waals surface area (Å²) in [5.41, 5.74) is 0.300. The van der Waals surface area contributed by atoms with E-state index in [2.05, 4.69) is 11.1 Å². The molecule has 0 amide bonds. The lowest BCUT2D eigenvalue weighted by atomic mass is 9.63. The Labute approximate surface area is 146 Å². The van der Waals surface area contributed by atoms with E-state index in [1.54, 1.807) is 6.07 Å². The first-order valence-electron chi connectivity index (χ1n) is 7.66. The van der Waals surface area contributed by atoms with Crippen LogP contribution >= 0.6 is 0 Å². The molecule has 0 aliphatic heterocycles. The summed E-state index contributed by atoms with van der Waals surface area (Å²) in [6.45, 7) is 0. The number of hydrogen-bond acceptors (Lipinski definition) is 5. The Morgan fingerprint density at radius 1 is 1.31 bits per heavy atom. The van der Waals surface area contributed by atoms with E-state index in [-0.39, 0.29) is 12.8 Å². The average molecular weight is 366 g/mol. The predicted molar refractivity (Wildman–Crippen MR) is 84.4 cm³/mol. The number of rotatable bonds is 4. The normalized spacial score (nSPS) is 22.2. The zero-order valence-electron chi connectivity index (χ0n) is 13.3. The average Bonchev–Trinajstić information content (AvgIpc) is 2.56. The van der Waals surface area contributed by atoms with E-state index in [1.165, 1.54) is 18.2 Å². The smallest absolute Gasteiger partial charge is 0.423 e. The molecule has 136 valence electrons. The van der Waals surface area contributed by atoms with E-state index in [9.17, 15) is 22.8 Å². The first-order chi connectivity index (χ1) is 12.3. The summed E-state index contributed by atoms with van der Waals surface area (Å²) in [5, 5.41) is 9.49. The molecule has 2 aromatic rings. The largest absolute Gasteiger partial charge is 0.489 e. The van der Waals surface area contributed by atoms with Crippen LogP contribution in [0, 0.1) is 17.1 Å². The Kier molecular flexibility index (Phi) is 4.46. The van der Waals surface area contributed by atoms with Crippen LogP contribution < -0.4 is 16.0 Å². The van der Waals surface area contributed by atoms with Crippen molar-refractivity contribution < 1.29 is 22.3 Å². The number of ether oxygens (including phenoxy) is 1. The maximum atomic E-state index is 13.4. The second-order valence-corrected chi connectivity index (χ2v) is 6.03. The van der Waals surface area contributed by atoms with Crippen molar-refractivity contribution >= 4 is 5.82 Å². The molecule has 0 radical (unpaired) electrons. The quantitative estimate of drug-likeness (QED) is 0.491. The van der Waals surface area contributed by atoms with Crippen molar-refractivity contribution in [3.8, 4) is 11.8 Å². The zero-order chi connectivity index (χ0) is 18.9. The van der Waals surface area contributed by atoms with E-state index in [0.717, 1.165) is 12.3 Å². The van der Waals surface area contributed by atoms with E-state index in [4.69, 9.17) is 10.6 Å². The molecule has 26 heavy (non-hydrogen) atoms. The van der Waals surface area contributed by atoms with Gasteiger partial charge in [-0.2, -0.15) is 18.4 Å². The Balaban J connectivity index is 1.82. The third-order valence-corrected chi connectivity index (χ3v) is 4.37. The Morgan fingerprint density at radius 3 is 2.62 bits per heavy atom. The van der Waals surface area contributed by atoms with Crippen LogP contribution in [0.5, 0.6) is 5.75 Å². The van der Waals surface area contributed by atoms with Crippen LogP contribution in [-0.2, 0) is 11.6 Å². The predicted octanol–water partition coefficient (Wildman–Crippen LogP) is 3.53. The highest BCUT2D eigenvalue weighted by Crippen LogP contribution is 2.47. The maximum Gasteiger partial charge on any atom is 0.423 e. The van der Waals surface area contributed by atoms with E-state index < -0.39 is 40.6 Å². The summed E-state index contributed by atoms with van der Waals surface area (Å²) in [7, 11) is 0. The monoisotopic (exact) mass is 366 g/mol. The van der Waals surface area contributed by atoms with Gasteiger partial charge < -0.3 is 10.2 Å². The minimum absolute atomic E-state index is 0.151. The molecule has 0 atom stereocenters. The number of nitrogen functional groups attached to an aromatic ring is 1. The number of nitrogens with two attached hydrogens (primary N) is 1. The summed E-state index contributed by atoms with van der Waals surface area (Å²) < 4.78 is 58.7. The van der Waals surface area contributed by atoms with E-state index in [0.29, 0.717) is 5.56 Å². The van der Waals surface area contributed by atoms with Gasteiger partial charge >= 0.3 is 6.18 Å². The SMILES string of the molecule is N#CC1(c2cccc(F)c2)CC(Oc2ccnc(NN)c2C(F)(F)F)C1. The topological polar surface area (TPSA) is 84.0 Å². The van der Waals surface area contributed by atoms with Gasteiger partial charge in [0, 0.05) is 19.0 Å². The summed E-state index contributed by atoms with van der Waals surface area (Å²) in [6, 6.07) is 8.84. The highest BCUT2D eigenvalue weighted by Gasteiger charge is 2.49.